The van der Waals surface area contributed by atoms with Crippen LogP contribution >= 0.6 is 0 Å². The van der Waals surface area contributed by atoms with Gasteiger partial charge in [0.05, 0.1) is 12.9 Å². The Morgan fingerprint density at radius 2 is 2.09 bits per heavy atom. The summed E-state index contributed by atoms with van der Waals surface area (Å²) in [6.07, 6.45) is 4.36. The Kier molecular flexibility index (Phi) is 5.37. The molecule has 0 atom stereocenters. The summed E-state index contributed by atoms with van der Waals surface area (Å²) in [7, 11) is 0. The van der Waals surface area contributed by atoms with Crippen molar-refractivity contribution in [3.8, 4) is 12.1 Å². The minimum atomic E-state index is 0.0703. The maximum absolute atomic E-state index is 8.27. The Labute approximate surface area is 65.8 Å². The van der Waals surface area contributed by atoms with E-state index in [1.807, 2.05) is 6.92 Å². The predicted octanol–water partition coefficient (Wildman–Crippen LogP) is 1.51. The minimum absolute atomic E-state index is 0.0703. The molecule has 3 nitrogen and oxygen atoms in total. The first-order valence-corrected chi connectivity index (χ1v) is 3.13. The number of nitriles is 2. The highest BCUT2D eigenvalue weighted by Crippen LogP contribution is 1.89. The maximum Gasteiger partial charge on any atom is 0.129 e. The largest absolute Gasteiger partial charge is 0.501 e. The fourth-order valence-electron chi connectivity index (χ4n) is 0.387. The van der Waals surface area contributed by atoms with Crippen molar-refractivity contribution in [1.29, 1.82) is 10.5 Å². The van der Waals surface area contributed by atoms with Crippen molar-refractivity contribution in [3.05, 3.63) is 24.0 Å². The summed E-state index contributed by atoms with van der Waals surface area (Å²) in [6.45, 7) is 2.43. The molecule has 0 spiro atoms. The number of hydrogen-bond acceptors (Lipinski definition) is 3. The molecule has 0 aliphatic rings. The SMILES string of the molecule is CCOC=CC=C(C#N)C#N. The smallest absolute Gasteiger partial charge is 0.129 e. The Bertz CT molecular complexity index is 224. The second kappa shape index (κ2) is 6.38. The summed E-state index contributed by atoms with van der Waals surface area (Å²) >= 11 is 0. The van der Waals surface area contributed by atoms with Crippen LogP contribution in [0.4, 0.5) is 0 Å². The average Bonchev–Trinajstić information content (AvgIpc) is 2.05. The van der Waals surface area contributed by atoms with Crippen molar-refractivity contribution in [1.82, 2.24) is 0 Å². The molecule has 0 rings (SSSR count). The van der Waals surface area contributed by atoms with Crippen LogP contribution in [0, 0.1) is 22.7 Å². The van der Waals surface area contributed by atoms with Crippen LogP contribution in [-0.4, -0.2) is 6.61 Å². The summed E-state index contributed by atoms with van der Waals surface area (Å²) in [5, 5.41) is 16.5. The normalized spacial score (nSPS) is 8.27. The zero-order chi connectivity index (χ0) is 8.53. The van der Waals surface area contributed by atoms with Gasteiger partial charge in [0.25, 0.3) is 0 Å². The summed E-state index contributed by atoms with van der Waals surface area (Å²) in [5.74, 6) is 0. The molecule has 0 heterocycles. The molecule has 0 amide bonds. The monoisotopic (exact) mass is 148 g/mol. The molecular weight excluding hydrogens is 140 g/mol. The fourth-order valence-corrected chi connectivity index (χ4v) is 0.387. The van der Waals surface area contributed by atoms with E-state index in [2.05, 4.69) is 0 Å². The number of rotatable bonds is 3. The molecule has 0 radical (unpaired) electrons. The van der Waals surface area contributed by atoms with Crippen molar-refractivity contribution in [2.45, 2.75) is 6.92 Å². The van der Waals surface area contributed by atoms with Crippen molar-refractivity contribution in [3.63, 3.8) is 0 Å². The van der Waals surface area contributed by atoms with Crippen LogP contribution in [0.2, 0.25) is 0 Å². The third-order valence-corrected chi connectivity index (χ3v) is 0.845. The van der Waals surface area contributed by atoms with Crippen LogP contribution < -0.4 is 0 Å². The van der Waals surface area contributed by atoms with E-state index in [-0.39, 0.29) is 5.57 Å². The molecule has 0 aromatic heterocycles. The molecule has 56 valence electrons. The number of nitrogens with zero attached hydrogens (tertiary/aromatic N) is 2. The first kappa shape index (κ1) is 9.26. The lowest BCUT2D eigenvalue weighted by atomic mass is 10.3. The first-order chi connectivity index (χ1) is 5.35. The van der Waals surface area contributed by atoms with Crippen LogP contribution in [0.3, 0.4) is 0 Å². The Hall–Kier alpha value is -1.74. The van der Waals surface area contributed by atoms with Crippen molar-refractivity contribution >= 4 is 0 Å². The molecule has 0 saturated carbocycles. The average molecular weight is 148 g/mol. The standard InChI is InChI=1S/C8H8N2O/c1-2-11-5-3-4-8(6-9)7-10/h3-5H,2H2,1H3. The maximum atomic E-state index is 8.27. The minimum Gasteiger partial charge on any atom is -0.501 e. The topological polar surface area (TPSA) is 56.8 Å². The highest BCUT2D eigenvalue weighted by molar-refractivity contribution is 5.37. The molecule has 11 heavy (non-hydrogen) atoms. The summed E-state index contributed by atoms with van der Waals surface area (Å²) in [5.41, 5.74) is 0.0703. The van der Waals surface area contributed by atoms with Crippen LogP contribution in [0.1, 0.15) is 6.92 Å². The second-order valence-electron chi connectivity index (χ2n) is 1.59. The van der Waals surface area contributed by atoms with E-state index in [0.29, 0.717) is 6.61 Å². The van der Waals surface area contributed by atoms with Gasteiger partial charge in [0, 0.05) is 0 Å². The van der Waals surface area contributed by atoms with Gasteiger partial charge in [-0.2, -0.15) is 10.5 Å². The van der Waals surface area contributed by atoms with Crippen LogP contribution in [0.5, 0.6) is 0 Å². The van der Waals surface area contributed by atoms with Crippen LogP contribution in [0.25, 0.3) is 0 Å². The molecule has 0 aromatic rings. The van der Waals surface area contributed by atoms with Gasteiger partial charge < -0.3 is 4.74 Å². The van der Waals surface area contributed by atoms with E-state index in [0.717, 1.165) is 0 Å². The van der Waals surface area contributed by atoms with Gasteiger partial charge in [-0.3, -0.25) is 0 Å². The van der Waals surface area contributed by atoms with E-state index in [9.17, 15) is 0 Å². The van der Waals surface area contributed by atoms with Gasteiger partial charge in [0.1, 0.15) is 17.7 Å². The lowest BCUT2D eigenvalue weighted by molar-refractivity contribution is 0.269. The lowest BCUT2D eigenvalue weighted by Gasteiger charge is -1.88. The van der Waals surface area contributed by atoms with E-state index in [4.69, 9.17) is 15.3 Å². The molecule has 0 fully saturated rings. The molecule has 3 heteroatoms. The van der Waals surface area contributed by atoms with Crippen molar-refractivity contribution in [2.75, 3.05) is 6.61 Å². The number of ether oxygens (including phenoxy) is 1. The van der Waals surface area contributed by atoms with Gasteiger partial charge in [0.2, 0.25) is 0 Å². The molecule has 0 aliphatic heterocycles. The quantitative estimate of drug-likeness (QED) is 0.346. The van der Waals surface area contributed by atoms with E-state index >= 15 is 0 Å². The third kappa shape index (κ3) is 4.74. The highest BCUT2D eigenvalue weighted by atomic mass is 16.5. The van der Waals surface area contributed by atoms with E-state index in [1.54, 1.807) is 12.1 Å². The molecule has 0 N–H and O–H groups in total. The third-order valence-electron chi connectivity index (χ3n) is 0.845. The molecule has 0 saturated heterocycles. The zero-order valence-electron chi connectivity index (χ0n) is 6.24. The Morgan fingerprint density at radius 3 is 2.55 bits per heavy atom. The fraction of sp³-hybridized carbons (Fsp3) is 0.250. The van der Waals surface area contributed by atoms with Gasteiger partial charge in [-0.1, -0.05) is 0 Å². The number of allylic oxidation sites excluding steroid dienone is 3. The predicted molar refractivity (Wildman–Crippen MR) is 40.1 cm³/mol. The molecule has 0 aromatic carbocycles. The van der Waals surface area contributed by atoms with Gasteiger partial charge in [-0.15, -0.1) is 0 Å². The molecule has 0 unspecified atom stereocenters. The number of hydrogen-bond donors (Lipinski definition) is 0. The van der Waals surface area contributed by atoms with Crippen LogP contribution in [-0.2, 0) is 4.74 Å². The van der Waals surface area contributed by atoms with Gasteiger partial charge in [-0.05, 0) is 19.1 Å². The second-order valence-corrected chi connectivity index (χ2v) is 1.59. The first-order valence-electron chi connectivity index (χ1n) is 3.13. The molecular formula is C8H8N2O. The lowest BCUT2D eigenvalue weighted by Crippen LogP contribution is -1.75. The van der Waals surface area contributed by atoms with Crippen LogP contribution in [0.15, 0.2) is 24.0 Å². The summed E-state index contributed by atoms with van der Waals surface area (Å²) < 4.78 is 4.83. The zero-order valence-corrected chi connectivity index (χ0v) is 6.24. The van der Waals surface area contributed by atoms with E-state index in [1.165, 1.54) is 18.4 Å². The van der Waals surface area contributed by atoms with Crippen molar-refractivity contribution in [2.24, 2.45) is 0 Å². The summed E-state index contributed by atoms with van der Waals surface area (Å²) in [6, 6.07) is 3.44. The van der Waals surface area contributed by atoms with E-state index < -0.39 is 0 Å². The Morgan fingerprint density at radius 1 is 1.45 bits per heavy atom. The molecule has 0 bridgehead atoms. The van der Waals surface area contributed by atoms with Gasteiger partial charge >= 0.3 is 0 Å². The summed E-state index contributed by atoms with van der Waals surface area (Å²) in [4.78, 5) is 0. The van der Waals surface area contributed by atoms with Crippen molar-refractivity contribution < 1.29 is 4.74 Å². The highest BCUT2D eigenvalue weighted by Gasteiger charge is 1.84. The Balaban J connectivity index is 3.93. The molecule has 0 aliphatic carbocycles. The van der Waals surface area contributed by atoms with Gasteiger partial charge in [-0.25, -0.2) is 0 Å². The van der Waals surface area contributed by atoms with Gasteiger partial charge in [0.15, 0.2) is 0 Å².